The van der Waals surface area contributed by atoms with Crippen molar-refractivity contribution in [2.45, 2.75) is 18.3 Å². The van der Waals surface area contributed by atoms with Crippen LogP contribution in [0.1, 0.15) is 29.4 Å². The Morgan fingerprint density at radius 3 is 2.55 bits per heavy atom. The van der Waals surface area contributed by atoms with E-state index in [9.17, 15) is 18.8 Å². The maximum Gasteiger partial charge on any atom is 0.306 e. The standard InChI is InChI=1S/C16H13F2NO2S/c1-21-15(20)7-11(12(8-19)10-5-6-22-9-10)16-13(17)3-2-4-14(16)18/h2-6,9,11-12H,7H2,1H3. The third-order valence-corrected chi connectivity index (χ3v) is 4.13. The third-order valence-electron chi connectivity index (χ3n) is 3.43. The van der Waals surface area contributed by atoms with Crippen LogP contribution in [0.3, 0.4) is 0 Å². The predicted octanol–water partition coefficient (Wildman–Crippen LogP) is 3.98. The molecule has 0 saturated heterocycles. The molecule has 0 spiro atoms. The van der Waals surface area contributed by atoms with Crippen LogP contribution in [-0.2, 0) is 9.53 Å². The zero-order valence-corrected chi connectivity index (χ0v) is 12.6. The van der Waals surface area contributed by atoms with Gasteiger partial charge in [-0.15, -0.1) is 0 Å². The summed E-state index contributed by atoms with van der Waals surface area (Å²) in [6.07, 6.45) is -0.275. The molecule has 0 aliphatic heterocycles. The van der Waals surface area contributed by atoms with Crippen molar-refractivity contribution in [1.29, 1.82) is 5.26 Å². The van der Waals surface area contributed by atoms with Gasteiger partial charge in [0.2, 0.25) is 0 Å². The maximum atomic E-state index is 14.1. The number of halogens is 2. The lowest BCUT2D eigenvalue weighted by atomic mass is 9.80. The van der Waals surface area contributed by atoms with Crippen LogP contribution in [0, 0.1) is 23.0 Å². The summed E-state index contributed by atoms with van der Waals surface area (Å²) in [5.74, 6) is -3.96. The van der Waals surface area contributed by atoms with Crippen molar-refractivity contribution in [3.63, 3.8) is 0 Å². The number of nitriles is 1. The molecule has 0 bridgehead atoms. The van der Waals surface area contributed by atoms with Crippen LogP contribution in [0.25, 0.3) is 0 Å². The van der Waals surface area contributed by atoms with Crippen LogP contribution in [0.15, 0.2) is 35.0 Å². The fourth-order valence-electron chi connectivity index (χ4n) is 2.36. The lowest BCUT2D eigenvalue weighted by Crippen LogP contribution is -2.18. The van der Waals surface area contributed by atoms with E-state index in [0.29, 0.717) is 5.56 Å². The largest absolute Gasteiger partial charge is 0.469 e. The van der Waals surface area contributed by atoms with Gasteiger partial charge in [0, 0.05) is 11.5 Å². The van der Waals surface area contributed by atoms with Gasteiger partial charge in [-0.1, -0.05) is 6.07 Å². The van der Waals surface area contributed by atoms with E-state index < -0.39 is 29.4 Å². The molecule has 0 saturated carbocycles. The van der Waals surface area contributed by atoms with Crippen molar-refractivity contribution in [2.24, 2.45) is 0 Å². The number of nitrogens with zero attached hydrogens (tertiary/aromatic N) is 1. The predicted molar refractivity (Wildman–Crippen MR) is 78.4 cm³/mol. The van der Waals surface area contributed by atoms with Crippen LogP contribution >= 0.6 is 11.3 Å². The van der Waals surface area contributed by atoms with E-state index in [1.54, 1.807) is 16.8 Å². The van der Waals surface area contributed by atoms with Crippen molar-refractivity contribution in [2.75, 3.05) is 7.11 Å². The minimum atomic E-state index is -0.951. The number of benzene rings is 1. The van der Waals surface area contributed by atoms with Crippen molar-refractivity contribution in [1.82, 2.24) is 0 Å². The van der Waals surface area contributed by atoms with Crippen LogP contribution in [0.2, 0.25) is 0 Å². The smallest absolute Gasteiger partial charge is 0.306 e. The summed E-state index contributed by atoms with van der Waals surface area (Å²) < 4.78 is 32.8. The fraction of sp³-hybridized carbons (Fsp3) is 0.250. The molecule has 0 fully saturated rings. The molecular weight excluding hydrogens is 308 g/mol. The van der Waals surface area contributed by atoms with Crippen molar-refractivity contribution < 1.29 is 18.3 Å². The Morgan fingerprint density at radius 1 is 1.36 bits per heavy atom. The van der Waals surface area contributed by atoms with E-state index >= 15 is 0 Å². The van der Waals surface area contributed by atoms with Crippen molar-refractivity contribution in [3.05, 3.63) is 57.8 Å². The average Bonchev–Trinajstić information content (AvgIpc) is 3.01. The second kappa shape index (κ2) is 7.14. The number of methoxy groups -OCH3 is 1. The molecule has 1 heterocycles. The summed E-state index contributed by atoms with van der Waals surface area (Å²) in [4.78, 5) is 11.6. The number of esters is 1. The van der Waals surface area contributed by atoms with Gasteiger partial charge in [0.25, 0.3) is 0 Å². The fourth-order valence-corrected chi connectivity index (χ4v) is 3.06. The number of hydrogen-bond donors (Lipinski definition) is 0. The molecule has 114 valence electrons. The van der Waals surface area contributed by atoms with Crippen LogP contribution in [-0.4, -0.2) is 13.1 Å². The van der Waals surface area contributed by atoms with Gasteiger partial charge in [-0.2, -0.15) is 16.6 Å². The van der Waals surface area contributed by atoms with Crippen molar-refractivity contribution >= 4 is 17.3 Å². The number of rotatable bonds is 5. The van der Waals surface area contributed by atoms with E-state index in [2.05, 4.69) is 10.8 Å². The second-order valence-corrected chi connectivity index (χ2v) is 5.47. The number of thiophene rings is 1. The Bertz CT molecular complexity index is 674. The van der Waals surface area contributed by atoms with Gasteiger partial charge in [-0.25, -0.2) is 8.78 Å². The Kier molecular flexibility index (Phi) is 5.23. The molecule has 22 heavy (non-hydrogen) atoms. The van der Waals surface area contributed by atoms with Gasteiger partial charge in [0.15, 0.2) is 0 Å². The molecule has 2 atom stereocenters. The molecule has 1 aromatic carbocycles. The summed E-state index contributed by atoms with van der Waals surface area (Å²) in [6, 6.07) is 7.24. The monoisotopic (exact) mass is 321 g/mol. The molecule has 2 rings (SSSR count). The SMILES string of the molecule is COC(=O)CC(c1c(F)cccc1F)C(C#N)c1ccsc1. The molecular formula is C16H13F2NO2S. The van der Waals surface area contributed by atoms with E-state index in [0.717, 1.165) is 12.1 Å². The quantitative estimate of drug-likeness (QED) is 0.783. The first-order valence-electron chi connectivity index (χ1n) is 6.51. The lowest BCUT2D eigenvalue weighted by molar-refractivity contribution is -0.141. The molecule has 0 aliphatic rings. The Hall–Kier alpha value is -2.26. The summed E-state index contributed by atoms with van der Waals surface area (Å²) in [5.41, 5.74) is 0.370. The topological polar surface area (TPSA) is 50.1 Å². The summed E-state index contributed by atoms with van der Waals surface area (Å²) in [5, 5.41) is 13.0. The van der Waals surface area contributed by atoms with Crippen molar-refractivity contribution in [3.8, 4) is 6.07 Å². The number of carbonyl (C=O) groups is 1. The normalized spacial score (nSPS) is 13.2. The first-order valence-corrected chi connectivity index (χ1v) is 7.45. The Balaban J connectivity index is 2.51. The number of hydrogen-bond acceptors (Lipinski definition) is 4. The molecule has 0 amide bonds. The van der Waals surface area contributed by atoms with Gasteiger partial charge >= 0.3 is 5.97 Å². The highest BCUT2D eigenvalue weighted by Gasteiger charge is 2.32. The minimum Gasteiger partial charge on any atom is -0.469 e. The van der Waals surface area contributed by atoms with Gasteiger partial charge in [0.05, 0.1) is 25.5 Å². The zero-order chi connectivity index (χ0) is 16.1. The molecule has 2 unspecified atom stereocenters. The number of ether oxygens (including phenoxy) is 1. The Labute approximate surface area is 130 Å². The summed E-state index contributed by atoms with van der Waals surface area (Å²) in [7, 11) is 1.20. The van der Waals surface area contributed by atoms with E-state index in [-0.39, 0.29) is 12.0 Å². The highest BCUT2D eigenvalue weighted by molar-refractivity contribution is 7.08. The maximum absolute atomic E-state index is 14.1. The summed E-state index contributed by atoms with van der Waals surface area (Å²) in [6.45, 7) is 0. The molecule has 0 aliphatic carbocycles. The van der Waals surface area contributed by atoms with E-state index in [1.807, 2.05) is 0 Å². The molecule has 2 aromatic rings. The Morgan fingerprint density at radius 2 is 2.05 bits per heavy atom. The molecule has 0 radical (unpaired) electrons. The second-order valence-electron chi connectivity index (χ2n) is 4.69. The first kappa shape index (κ1) is 16.1. The minimum absolute atomic E-state index is 0.259. The van der Waals surface area contributed by atoms with Gasteiger partial charge in [0.1, 0.15) is 11.6 Å². The molecule has 3 nitrogen and oxygen atoms in total. The van der Waals surface area contributed by atoms with E-state index in [1.165, 1.54) is 24.5 Å². The zero-order valence-electron chi connectivity index (χ0n) is 11.8. The van der Waals surface area contributed by atoms with E-state index in [4.69, 9.17) is 0 Å². The third kappa shape index (κ3) is 3.31. The molecule has 0 N–H and O–H groups in total. The average molecular weight is 321 g/mol. The highest BCUT2D eigenvalue weighted by atomic mass is 32.1. The van der Waals surface area contributed by atoms with Gasteiger partial charge in [-0.05, 0) is 34.5 Å². The van der Waals surface area contributed by atoms with Crippen LogP contribution < -0.4 is 0 Å². The molecule has 6 heteroatoms. The molecule has 1 aromatic heterocycles. The lowest BCUT2D eigenvalue weighted by Gasteiger charge is -2.22. The van der Waals surface area contributed by atoms with Crippen LogP contribution in [0.5, 0.6) is 0 Å². The number of carbonyl (C=O) groups excluding carboxylic acids is 1. The highest BCUT2D eigenvalue weighted by Crippen LogP contribution is 2.38. The first-order chi connectivity index (χ1) is 10.6. The van der Waals surface area contributed by atoms with Gasteiger partial charge < -0.3 is 4.74 Å². The van der Waals surface area contributed by atoms with Crippen LogP contribution in [0.4, 0.5) is 8.78 Å². The van der Waals surface area contributed by atoms with Gasteiger partial charge in [-0.3, -0.25) is 4.79 Å². The summed E-state index contributed by atoms with van der Waals surface area (Å²) >= 11 is 1.37.